The van der Waals surface area contributed by atoms with E-state index in [-0.39, 0.29) is 17.3 Å². The summed E-state index contributed by atoms with van der Waals surface area (Å²) >= 11 is 1.32. The molecule has 1 heterocycles. The minimum Gasteiger partial charge on any atom is -0.508 e. The molecule has 0 unspecified atom stereocenters. The fourth-order valence-corrected chi connectivity index (χ4v) is 3.02. The SMILES string of the molecule is Cc1ccc(-n2cnnc2SCC(=O)c2ccc(C)c(O)c2)cc1. The van der Waals surface area contributed by atoms with E-state index in [1.807, 2.05) is 35.8 Å². The number of phenolic OH excluding ortho intramolecular Hbond substituents is 1. The number of phenols is 1. The van der Waals surface area contributed by atoms with Crippen molar-refractivity contribution in [1.82, 2.24) is 14.8 Å². The molecule has 6 heteroatoms. The Balaban J connectivity index is 1.73. The zero-order chi connectivity index (χ0) is 17.1. The van der Waals surface area contributed by atoms with E-state index in [4.69, 9.17) is 0 Å². The second kappa shape index (κ2) is 6.88. The van der Waals surface area contributed by atoms with Crippen molar-refractivity contribution >= 4 is 17.5 Å². The molecule has 3 aromatic rings. The van der Waals surface area contributed by atoms with Gasteiger partial charge >= 0.3 is 0 Å². The summed E-state index contributed by atoms with van der Waals surface area (Å²) < 4.78 is 1.85. The summed E-state index contributed by atoms with van der Waals surface area (Å²) in [6, 6.07) is 13.0. The molecule has 122 valence electrons. The zero-order valence-corrected chi connectivity index (χ0v) is 14.2. The fourth-order valence-electron chi connectivity index (χ4n) is 2.20. The van der Waals surface area contributed by atoms with Crippen LogP contribution in [0.25, 0.3) is 5.69 Å². The van der Waals surface area contributed by atoms with Gasteiger partial charge < -0.3 is 5.11 Å². The number of ketones is 1. The van der Waals surface area contributed by atoms with Gasteiger partial charge in [0, 0.05) is 11.3 Å². The zero-order valence-electron chi connectivity index (χ0n) is 13.4. The van der Waals surface area contributed by atoms with Crippen molar-refractivity contribution in [2.75, 3.05) is 5.75 Å². The Morgan fingerprint density at radius 2 is 1.92 bits per heavy atom. The molecule has 0 aliphatic carbocycles. The first kappa shape index (κ1) is 16.3. The Bertz CT molecular complexity index is 872. The minimum absolute atomic E-state index is 0.0613. The Morgan fingerprint density at radius 3 is 2.62 bits per heavy atom. The first-order valence-corrected chi connectivity index (χ1v) is 8.46. The lowest BCUT2D eigenvalue weighted by molar-refractivity contribution is 0.102. The quantitative estimate of drug-likeness (QED) is 0.568. The van der Waals surface area contributed by atoms with Crippen molar-refractivity contribution in [3.05, 3.63) is 65.5 Å². The average Bonchev–Trinajstić information content (AvgIpc) is 3.04. The van der Waals surface area contributed by atoms with E-state index >= 15 is 0 Å². The van der Waals surface area contributed by atoms with Crippen LogP contribution in [0.1, 0.15) is 21.5 Å². The molecule has 1 N–H and O–H groups in total. The number of carbonyl (C=O) groups is 1. The van der Waals surface area contributed by atoms with Crippen LogP contribution in [0.4, 0.5) is 0 Å². The molecule has 5 nitrogen and oxygen atoms in total. The van der Waals surface area contributed by atoms with Crippen LogP contribution in [-0.2, 0) is 0 Å². The van der Waals surface area contributed by atoms with E-state index in [1.165, 1.54) is 23.4 Å². The van der Waals surface area contributed by atoms with Crippen molar-refractivity contribution in [2.24, 2.45) is 0 Å². The van der Waals surface area contributed by atoms with Gasteiger partial charge in [-0.15, -0.1) is 10.2 Å². The monoisotopic (exact) mass is 339 g/mol. The number of carbonyl (C=O) groups excluding carboxylic acids is 1. The second-order valence-electron chi connectivity index (χ2n) is 5.53. The largest absolute Gasteiger partial charge is 0.508 e. The Labute approximate surface area is 144 Å². The standard InChI is InChI=1S/C18H17N3O2S/c1-12-3-7-15(8-4-12)21-11-19-20-18(21)24-10-17(23)14-6-5-13(2)16(22)9-14/h3-9,11,22H,10H2,1-2H3. The number of nitrogens with zero attached hydrogens (tertiary/aromatic N) is 3. The smallest absolute Gasteiger partial charge is 0.196 e. The molecule has 1 aromatic heterocycles. The maximum Gasteiger partial charge on any atom is 0.196 e. The number of aromatic hydroxyl groups is 1. The van der Waals surface area contributed by atoms with Crippen LogP contribution in [0.3, 0.4) is 0 Å². The summed E-state index contributed by atoms with van der Waals surface area (Å²) in [5.41, 5.74) is 3.37. The molecular weight excluding hydrogens is 322 g/mol. The van der Waals surface area contributed by atoms with Crippen LogP contribution in [0.15, 0.2) is 53.9 Å². The summed E-state index contributed by atoms with van der Waals surface area (Å²) in [5.74, 6) is 0.301. The third-order valence-electron chi connectivity index (χ3n) is 3.69. The second-order valence-corrected chi connectivity index (χ2v) is 6.47. The molecule has 0 fully saturated rings. The van der Waals surface area contributed by atoms with Crippen molar-refractivity contribution in [1.29, 1.82) is 0 Å². The molecule has 2 aromatic carbocycles. The van der Waals surface area contributed by atoms with Crippen LogP contribution in [0, 0.1) is 13.8 Å². The Morgan fingerprint density at radius 1 is 1.17 bits per heavy atom. The normalized spacial score (nSPS) is 10.8. The van der Waals surface area contributed by atoms with Gasteiger partial charge in [0.15, 0.2) is 10.9 Å². The predicted molar refractivity (Wildman–Crippen MR) is 94.0 cm³/mol. The van der Waals surface area contributed by atoms with Gasteiger partial charge in [-0.25, -0.2) is 0 Å². The van der Waals surface area contributed by atoms with E-state index < -0.39 is 0 Å². The highest BCUT2D eigenvalue weighted by Crippen LogP contribution is 2.23. The molecule has 24 heavy (non-hydrogen) atoms. The number of aryl methyl sites for hydroxylation is 2. The number of aromatic nitrogens is 3. The van der Waals surface area contributed by atoms with Gasteiger partial charge in [0.05, 0.1) is 5.75 Å². The maximum atomic E-state index is 12.3. The topological polar surface area (TPSA) is 68.0 Å². The molecule has 0 bridgehead atoms. The van der Waals surface area contributed by atoms with Crippen LogP contribution in [-0.4, -0.2) is 31.4 Å². The predicted octanol–water partition coefficient (Wildman–Crippen LogP) is 3.56. The third-order valence-corrected chi connectivity index (χ3v) is 4.64. The van der Waals surface area contributed by atoms with Crippen LogP contribution < -0.4 is 0 Å². The number of hydrogen-bond donors (Lipinski definition) is 1. The Kier molecular flexibility index (Phi) is 4.66. The number of hydrogen-bond acceptors (Lipinski definition) is 5. The third kappa shape index (κ3) is 3.49. The van der Waals surface area contributed by atoms with Crippen molar-refractivity contribution in [3.8, 4) is 11.4 Å². The molecule has 3 rings (SSSR count). The van der Waals surface area contributed by atoms with Crippen molar-refractivity contribution < 1.29 is 9.90 Å². The summed E-state index contributed by atoms with van der Waals surface area (Å²) in [4.78, 5) is 12.3. The van der Waals surface area contributed by atoms with Gasteiger partial charge in [0.2, 0.25) is 0 Å². The molecule has 0 amide bonds. The molecule has 0 spiro atoms. The molecule has 0 radical (unpaired) electrons. The van der Waals surface area contributed by atoms with Crippen molar-refractivity contribution in [3.63, 3.8) is 0 Å². The molecule has 0 aliphatic heterocycles. The molecular formula is C18H17N3O2S. The fraction of sp³-hybridized carbons (Fsp3) is 0.167. The van der Waals surface area contributed by atoms with Gasteiger partial charge in [-0.2, -0.15) is 0 Å². The average molecular weight is 339 g/mol. The van der Waals surface area contributed by atoms with E-state index in [1.54, 1.807) is 25.4 Å². The number of Topliss-reactive ketones (excluding diaryl/α,β-unsaturated/α-hetero) is 1. The summed E-state index contributed by atoms with van der Waals surface area (Å²) in [7, 11) is 0. The highest BCUT2D eigenvalue weighted by molar-refractivity contribution is 7.99. The lowest BCUT2D eigenvalue weighted by Gasteiger charge is -2.07. The highest BCUT2D eigenvalue weighted by Gasteiger charge is 2.12. The first-order chi connectivity index (χ1) is 11.5. The molecule has 0 saturated carbocycles. The van der Waals surface area contributed by atoms with Crippen LogP contribution in [0.5, 0.6) is 5.75 Å². The first-order valence-electron chi connectivity index (χ1n) is 7.47. The lowest BCUT2D eigenvalue weighted by atomic mass is 10.1. The van der Waals surface area contributed by atoms with Gasteiger partial charge in [-0.1, -0.05) is 41.6 Å². The highest BCUT2D eigenvalue weighted by atomic mass is 32.2. The van der Waals surface area contributed by atoms with E-state index in [0.717, 1.165) is 11.3 Å². The van der Waals surface area contributed by atoms with Crippen LogP contribution in [0.2, 0.25) is 0 Å². The van der Waals surface area contributed by atoms with Gasteiger partial charge in [0.1, 0.15) is 12.1 Å². The number of thioether (sulfide) groups is 1. The van der Waals surface area contributed by atoms with Crippen LogP contribution >= 0.6 is 11.8 Å². The van der Waals surface area contributed by atoms with Gasteiger partial charge in [-0.05, 0) is 37.6 Å². The number of rotatable bonds is 5. The van der Waals surface area contributed by atoms with E-state index in [9.17, 15) is 9.90 Å². The van der Waals surface area contributed by atoms with E-state index in [0.29, 0.717) is 10.7 Å². The van der Waals surface area contributed by atoms with Gasteiger partial charge in [0.25, 0.3) is 0 Å². The lowest BCUT2D eigenvalue weighted by Crippen LogP contribution is -2.04. The molecule has 0 saturated heterocycles. The summed E-state index contributed by atoms with van der Waals surface area (Å²) in [6.45, 7) is 3.82. The Hall–Kier alpha value is -2.60. The maximum absolute atomic E-state index is 12.3. The molecule has 0 aliphatic rings. The summed E-state index contributed by atoms with van der Waals surface area (Å²) in [5, 5.41) is 18.4. The minimum atomic E-state index is -0.0613. The van der Waals surface area contributed by atoms with Crippen molar-refractivity contribution in [2.45, 2.75) is 19.0 Å². The van der Waals surface area contributed by atoms with E-state index in [2.05, 4.69) is 10.2 Å². The summed E-state index contributed by atoms with van der Waals surface area (Å²) in [6.07, 6.45) is 1.63. The van der Waals surface area contributed by atoms with Gasteiger partial charge in [-0.3, -0.25) is 9.36 Å². The number of benzene rings is 2. The molecule has 0 atom stereocenters.